The summed E-state index contributed by atoms with van der Waals surface area (Å²) in [5.41, 5.74) is 9.34. The quantitative estimate of drug-likeness (QED) is 0.631. The number of anilines is 2. The number of amides is 1. The molecule has 3 N–H and O–H groups in total. The number of carbonyl (C=O) groups is 1. The molecule has 0 heterocycles. The van der Waals surface area contributed by atoms with Gasteiger partial charge in [-0.3, -0.25) is 0 Å². The number of nitrogens with zero attached hydrogens (tertiary/aromatic N) is 1. The van der Waals surface area contributed by atoms with Crippen LogP contribution in [-0.2, 0) is 17.5 Å². The third-order valence-electron chi connectivity index (χ3n) is 3.30. The van der Waals surface area contributed by atoms with Crippen LogP contribution < -0.4 is 16.2 Å². The summed E-state index contributed by atoms with van der Waals surface area (Å²) < 4.78 is 42.7. The van der Waals surface area contributed by atoms with Crippen molar-refractivity contribution in [2.24, 2.45) is 0 Å². The minimum Gasteiger partial charge on any atom is -0.449 e. The zero-order chi connectivity index (χ0) is 18.4. The van der Waals surface area contributed by atoms with Gasteiger partial charge >= 0.3 is 12.3 Å². The van der Waals surface area contributed by atoms with Crippen LogP contribution in [0.25, 0.3) is 0 Å². The molecule has 0 unspecified atom stereocenters. The summed E-state index contributed by atoms with van der Waals surface area (Å²) in [6.07, 6.45) is -5.02. The molecule has 0 atom stereocenters. The van der Waals surface area contributed by atoms with Gasteiger partial charge in [-0.1, -0.05) is 18.2 Å². The predicted molar refractivity (Wildman–Crippen MR) is 88.6 cm³/mol. The van der Waals surface area contributed by atoms with Crippen LogP contribution in [0.1, 0.15) is 18.1 Å². The van der Waals surface area contributed by atoms with Crippen LogP contribution in [-0.4, -0.2) is 12.7 Å². The van der Waals surface area contributed by atoms with Gasteiger partial charge in [0.1, 0.15) is 0 Å². The van der Waals surface area contributed by atoms with Crippen molar-refractivity contribution in [1.29, 1.82) is 0 Å². The lowest BCUT2D eigenvalue weighted by molar-refractivity contribution is -0.137. The van der Waals surface area contributed by atoms with Gasteiger partial charge in [-0.2, -0.15) is 13.2 Å². The first-order valence-electron chi connectivity index (χ1n) is 7.53. The van der Waals surface area contributed by atoms with Gasteiger partial charge in [0.05, 0.1) is 17.9 Å². The number of alkyl halides is 3. The molecule has 134 valence electrons. The maximum Gasteiger partial charge on any atom is 0.429 e. The van der Waals surface area contributed by atoms with E-state index < -0.39 is 17.8 Å². The van der Waals surface area contributed by atoms with E-state index >= 15 is 0 Å². The largest absolute Gasteiger partial charge is 0.449 e. The van der Waals surface area contributed by atoms with Gasteiger partial charge < -0.3 is 10.5 Å². The summed E-state index contributed by atoms with van der Waals surface area (Å²) in [5.74, 6) is 0. The average Bonchev–Trinajstić information content (AvgIpc) is 2.55. The third-order valence-corrected chi connectivity index (χ3v) is 3.30. The fourth-order valence-corrected chi connectivity index (χ4v) is 2.10. The first-order chi connectivity index (χ1) is 11.8. The van der Waals surface area contributed by atoms with Crippen LogP contribution in [0.3, 0.4) is 0 Å². The lowest BCUT2D eigenvalue weighted by atomic mass is 10.1. The molecule has 0 saturated heterocycles. The standard InChI is InChI=1S/C17H18F3N3O2/c1-2-25-16(24)23(15-5-3-4-14(21)10-15)22-11-12-6-8-13(9-7-12)17(18,19)20/h3-10,22H,2,11,21H2,1H3. The summed E-state index contributed by atoms with van der Waals surface area (Å²) in [5, 5.41) is 1.16. The topological polar surface area (TPSA) is 67.6 Å². The van der Waals surface area contributed by atoms with Crippen molar-refractivity contribution in [3.63, 3.8) is 0 Å². The number of hydrogen-bond acceptors (Lipinski definition) is 4. The van der Waals surface area contributed by atoms with E-state index in [9.17, 15) is 18.0 Å². The Morgan fingerprint density at radius 2 is 1.88 bits per heavy atom. The van der Waals surface area contributed by atoms with Gasteiger partial charge in [0.25, 0.3) is 0 Å². The fourth-order valence-electron chi connectivity index (χ4n) is 2.10. The van der Waals surface area contributed by atoms with Crippen molar-refractivity contribution in [2.75, 3.05) is 17.3 Å². The highest BCUT2D eigenvalue weighted by molar-refractivity contribution is 5.87. The minimum atomic E-state index is -4.38. The monoisotopic (exact) mass is 353 g/mol. The third kappa shape index (κ3) is 5.12. The summed E-state index contributed by atoms with van der Waals surface area (Å²) in [6, 6.07) is 11.3. The van der Waals surface area contributed by atoms with E-state index in [2.05, 4.69) is 5.43 Å². The number of rotatable bonds is 5. The second kappa shape index (κ2) is 7.89. The summed E-state index contributed by atoms with van der Waals surface area (Å²) in [4.78, 5) is 12.1. The van der Waals surface area contributed by atoms with Gasteiger partial charge in [0.15, 0.2) is 0 Å². The highest BCUT2D eigenvalue weighted by Gasteiger charge is 2.29. The van der Waals surface area contributed by atoms with Crippen molar-refractivity contribution < 1.29 is 22.7 Å². The summed E-state index contributed by atoms with van der Waals surface area (Å²) >= 11 is 0. The Balaban J connectivity index is 2.13. The van der Waals surface area contributed by atoms with E-state index in [1.165, 1.54) is 12.1 Å². The van der Waals surface area contributed by atoms with Crippen molar-refractivity contribution in [1.82, 2.24) is 5.43 Å². The van der Waals surface area contributed by atoms with Gasteiger partial charge in [-0.05, 0) is 42.8 Å². The van der Waals surface area contributed by atoms with Crippen LogP contribution in [0.2, 0.25) is 0 Å². The minimum absolute atomic E-state index is 0.131. The van der Waals surface area contributed by atoms with Crippen LogP contribution >= 0.6 is 0 Å². The number of nitrogen functional groups attached to an aromatic ring is 1. The normalized spacial score (nSPS) is 11.2. The number of carbonyl (C=O) groups excluding carboxylic acids is 1. The van der Waals surface area contributed by atoms with E-state index in [0.717, 1.165) is 17.1 Å². The molecule has 0 aliphatic rings. The second-order valence-corrected chi connectivity index (χ2v) is 5.16. The highest BCUT2D eigenvalue weighted by Crippen LogP contribution is 2.29. The molecule has 0 aromatic heterocycles. The van der Waals surface area contributed by atoms with E-state index in [4.69, 9.17) is 10.5 Å². The zero-order valence-corrected chi connectivity index (χ0v) is 13.5. The fraction of sp³-hybridized carbons (Fsp3) is 0.235. The Labute approximate surface area is 143 Å². The lowest BCUT2D eigenvalue weighted by Gasteiger charge is -2.23. The van der Waals surface area contributed by atoms with Crippen LogP contribution in [0.15, 0.2) is 48.5 Å². The van der Waals surface area contributed by atoms with Crippen molar-refractivity contribution in [3.8, 4) is 0 Å². The molecule has 1 amide bonds. The highest BCUT2D eigenvalue weighted by atomic mass is 19.4. The Morgan fingerprint density at radius 1 is 1.20 bits per heavy atom. The molecule has 0 bridgehead atoms. The molecule has 2 aromatic rings. The van der Waals surface area contributed by atoms with Gasteiger partial charge in [-0.25, -0.2) is 15.2 Å². The van der Waals surface area contributed by atoms with Crippen LogP contribution in [0.4, 0.5) is 29.3 Å². The molecule has 5 nitrogen and oxygen atoms in total. The van der Waals surface area contributed by atoms with Crippen LogP contribution in [0, 0.1) is 0 Å². The van der Waals surface area contributed by atoms with Crippen molar-refractivity contribution in [2.45, 2.75) is 19.6 Å². The number of hydrogen-bond donors (Lipinski definition) is 2. The SMILES string of the molecule is CCOC(=O)N(NCc1ccc(C(F)(F)F)cc1)c1cccc(N)c1. The Kier molecular flexibility index (Phi) is 5.87. The number of nitrogens with one attached hydrogen (secondary N) is 1. The van der Waals surface area contributed by atoms with Gasteiger partial charge in [0, 0.05) is 12.2 Å². The summed E-state index contributed by atoms with van der Waals surface area (Å²) in [6.45, 7) is 1.98. The molecule has 0 aliphatic heterocycles. The zero-order valence-electron chi connectivity index (χ0n) is 13.5. The van der Waals surface area contributed by atoms with E-state index in [1.54, 1.807) is 31.2 Å². The molecule has 0 radical (unpaired) electrons. The first kappa shape index (κ1) is 18.6. The average molecular weight is 353 g/mol. The maximum absolute atomic E-state index is 12.6. The van der Waals surface area contributed by atoms with Crippen LogP contribution in [0.5, 0.6) is 0 Å². The number of halogens is 3. The number of hydrazine groups is 1. The van der Waals surface area contributed by atoms with E-state index in [0.29, 0.717) is 16.9 Å². The Bertz CT molecular complexity index is 718. The van der Waals surface area contributed by atoms with Gasteiger partial charge in [-0.15, -0.1) is 0 Å². The number of nitrogens with two attached hydrogens (primary N) is 1. The van der Waals surface area contributed by atoms with Gasteiger partial charge in [0.2, 0.25) is 0 Å². The Morgan fingerprint density at radius 3 is 2.44 bits per heavy atom. The molecule has 2 rings (SSSR count). The first-order valence-corrected chi connectivity index (χ1v) is 7.53. The van der Waals surface area contributed by atoms with E-state index in [1.807, 2.05) is 0 Å². The maximum atomic E-state index is 12.6. The Hall–Kier alpha value is -2.74. The predicted octanol–water partition coefficient (Wildman–Crippen LogP) is 3.96. The van der Waals surface area contributed by atoms with Crippen molar-refractivity contribution in [3.05, 3.63) is 59.7 Å². The molecule has 0 aliphatic carbocycles. The smallest absolute Gasteiger partial charge is 0.429 e. The summed E-state index contributed by atoms with van der Waals surface area (Å²) in [7, 11) is 0. The lowest BCUT2D eigenvalue weighted by Crippen LogP contribution is -2.43. The molecular weight excluding hydrogens is 335 g/mol. The molecular formula is C17H18F3N3O2. The molecule has 25 heavy (non-hydrogen) atoms. The molecule has 0 spiro atoms. The van der Waals surface area contributed by atoms with E-state index in [-0.39, 0.29) is 13.2 Å². The molecule has 2 aromatic carbocycles. The molecule has 0 fully saturated rings. The molecule has 8 heteroatoms. The molecule has 0 saturated carbocycles. The second-order valence-electron chi connectivity index (χ2n) is 5.16. The number of benzene rings is 2. The van der Waals surface area contributed by atoms with Crippen molar-refractivity contribution >= 4 is 17.5 Å². The number of ether oxygens (including phenoxy) is 1.